The first-order chi connectivity index (χ1) is 9.88. The van der Waals surface area contributed by atoms with Crippen LogP contribution in [-0.2, 0) is 9.59 Å². The van der Waals surface area contributed by atoms with E-state index in [4.69, 9.17) is 35.4 Å². The van der Waals surface area contributed by atoms with Crippen molar-refractivity contribution in [1.82, 2.24) is 4.90 Å². The summed E-state index contributed by atoms with van der Waals surface area (Å²) >= 11 is 18.0. The highest BCUT2D eigenvalue weighted by atomic mass is 35.5. The summed E-state index contributed by atoms with van der Waals surface area (Å²) in [5, 5.41) is 11.4. The van der Waals surface area contributed by atoms with E-state index in [1.54, 1.807) is 24.3 Å². The molecule has 0 saturated carbocycles. The van der Waals surface area contributed by atoms with Crippen LogP contribution in [0.5, 0.6) is 0 Å². The molecule has 1 aromatic carbocycles. The van der Waals surface area contributed by atoms with Crippen LogP contribution in [0.4, 0.5) is 0 Å². The number of hydrogen-bond acceptors (Lipinski definition) is 5. The van der Waals surface area contributed by atoms with Crippen LogP contribution in [0.25, 0.3) is 6.08 Å². The van der Waals surface area contributed by atoms with Crippen molar-refractivity contribution in [3.63, 3.8) is 0 Å². The van der Waals surface area contributed by atoms with Gasteiger partial charge in [-0.2, -0.15) is 0 Å². The second-order valence-electron chi connectivity index (χ2n) is 4.12. The lowest BCUT2D eigenvalue weighted by Crippen LogP contribution is -2.33. The van der Waals surface area contributed by atoms with Gasteiger partial charge in [0.05, 0.1) is 4.91 Å². The summed E-state index contributed by atoms with van der Waals surface area (Å²) < 4.78 is 0.317. The van der Waals surface area contributed by atoms with Gasteiger partial charge >= 0.3 is 0 Å². The molecule has 4 nitrogen and oxygen atoms in total. The van der Waals surface area contributed by atoms with E-state index in [9.17, 15) is 14.7 Å². The Bertz CT molecular complexity index is 661. The third-order valence-corrected chi connectivity index (χ3v) is 4.60. The van der Waals surface area contributed by atoms with Crippen LogP contribution >= 0.6 is 47.2 Å². The molecular formula is C13H8Cl2NO3S2-. The van der Waals surface area contributed by atoms with Crippen LogP contribution in [0.2, 0.25) is 10.0 Å². The molecule has 0 aromatic heterocycles. The minimum Gasteiger partial charge on any atom is -0.550 e. The first kappa shape index (κ1) is 16.3. The van der Waals surface area contributed by atoms with Crippen LogP contribution in [0.3, 0.4) is 0 Å². The molecule has 0 spiro atoms. The van der Waals surface area contributed by atoms with Crippen molar-refractivity contribution in [2.24, 2.45) is 0 Å². The Labute approximate surface area is 140 Å². The fourth-order valence-corrected chi connectivity index (χ4v) is 3.42. The summed E-state index contributed by atoms with van der Waals surface area (Å²) in [6.07, 6.45) is 1.35. The Balaban J connectivity index is 2.21. The smallest absolute Gasteiger partial charge is 0.266 e. The highest BCUT2D eigenvalue weighted by Gasteiger charge is 2.31. The van der Waals surface area contributed by atoms with Gasteiger partial charge in [-0.3, -0.25) is 9.69 Å². The molecule has 1 heterocycles. The van der Waals surface area contributed by atoms with Gasteiger partial charge in [0.25, 0.3) is 5.91 Å². The number of amides is 1. The van der Waals surface area contributed by atoms with Crippen molar-refractivity contribution in [2.45, 2.75) is 6.42 Å². The maximum Gasteiger partial charge on any atom is 0.266 e. The molecule has 2 rings (SSSR count). The number of rotatable bonds is 4. The van der Waals surface area contributed by atoms with E-state index in [-0.39, 0.29) is 18.9 Å². The molecule has 1 aliphatic rings. The highest BCUT2D eigenvalue weighted by molar-refractivity contribution is 8.26. The summed E-state index contributed by atoms with van der Waals surface area (Å²) in [5.41, 5.74) is 0.640. The quantitative estimate of drug-likeness (QED) is 0.609. The number of carbonyl (C=O) groups is 2. The van der Waals surface area contributed by atoms with Crippen molar-refractivity contribution >= 4 is 69.5 Å². The van der Waals surface area contributed by atoms with Gasteiger partial charge in [0.1, 0.15) is 4.32 Å². The molecule has 0 bridgehead atoms. The van der Waals surface area contributed by atoms with Crippen LogP contribution in [0, 0.1) is 0 Å². The van der Waals surface area contributed by atoms with Crippen LogP contribution in [0.15, 0.2) is 23.1 Å². The fourth-order valence-electron chi connectivity index (χ4n) is 1.66. The fraction of sp³-hybridized carbons (Fsp3) is 0.154. The number of aliphatic carboxylic acids is 1. The molecule has 0 unspecified atom stereocenters. The van der Waals surface area contributed by atoms with Gasteiger partial charge in [-0.15, -0.1) is 0 Å². The van der Waals surface area contributed by atoms with E-state index < -0.39 is 5.97 Å². The van der Waals surface area contributed by atoms with Crippen LogP contribution in [-0.4, -0.2) is 27.6 Å². The van der Waals surface area contributed by atoms with Crippen molar-refractivity contribution in [1.29, 1.82) is 0 Å². The molecule has 0 N–H and O–H groups in total. The van der Waals surface area contributed by atoms with E-state index in [2.05, 4.69) is 0 Å². The number of halogens is 2. The number of benzene rings is 1. The first-order valence-electron chi connectivity index (χ1n) is 5.79. The van der Waals surface area contributed by atoms with E-state index in [0.29, 0.717) is 24.8 Å². The molecule has 1 aliphatic heterocycles. The SMILES string of the molecule is O=C([O-])CCN1C(=O)/C(=C\c2ccc(Cl)cc2Cl)SC1=S. The summed E-state index contributed by atoms with van der Waals surface area (Å²) in [6, 6.07) is 4.93. The second-order valence-corrected chi connectivity index (χ2v) is 6.64. The Kier molecular flexibility index (Phi) is 5.27. The lowest BCUT2D eigenvalue weighted by Gasteiger charge is -2.14. The number of thiocarbonyl (C=S) groups is 1. The minimum atomic E-state index is -1.23. The summed E-state index contributed by atoms with van der Waals surface area (Å²) in [6.45, 7) is -0.00130. The van der Waals surface area contributed by atoms with Crippen molar-refractivity contribution < 1.29 is 14.7 Å². The number of carbonyl (C=O) groups excluding carboxylic acids is 2. The predicted octanol–water partition coefficient (Wildman–Crippen LogP) is 2.33. The third-order valence-electron chi connectivity index (χ3n) is 2.66. The maximum absolute atomic E-state index is 12.2. The molecule has 8 heteroatoms. The van der Waals surface area contributed by atoms with E-state index in [0.717, 1.165) is 11.8 Å². The monoisotopic (exact) mass is 360 g/mol. The number of nitrogens with zero attached hydrogens (tertiary/aromatic N) is 1. The van der Waals surface area contributed by atoms with Gasteiger partial charge in [-0.05, 0) is 23.8 Å². The van der Waals surface area contributed by atoms with Crippen molar-refractivity contribution in [2.75, 3.05) is 6.54 Å². The lowest BCUT2D eigenvalue weighted by molar-refractivity contribution is -0.305. The zero-order valence-electron chi connectivity index (χ0n) is 10.5. The molecule has 1 amide bonds. The van der Waals surface area contributed by atoms with E-state index in [1.807, 2.05) is 0 Å². The topological polar surface area (TPSA) is 60.4 Å². The maximum atomic E-state index is 12.2. The van der Waals surface area contributed by atoms with Gasteiger partial charge in [-0.1, -0.05) is 53.2 Å². The molecule has 1 aromatic rings. The van der Waals surface area contributed by atoms with Crippen molar-refractivity contribution in [3.05, 3.63) is 38.7 Å². The molecular weight excluding hydrogens is 353 g/mol. The van der Waals surface area contributed by atoms with Gasteiger partial charge in [0, 0.05) is 29.0 Å². The number of thioether (sulfide) groups is 1. The Hall–Kier alpha value is -1.08. The molecule has 0 atom stereocenters. The number of carboxylic acids is 1. The average Bonchev–Trinajstić information content (AvgIpc) is 2.65. The third kappa shape index (κ3) is 3.97. The molecule has 1 fully saturated rings. The standard InChI is InChI=1S/C13H9Cl2NO3S2/c14-8-2-1-7(9(15)6-8)5-10-12(19)16(13(20)21-10)4-3-11(17)18/h1-2,5-6H,3-4H2,(H,17,18)/p-1/b10-5+. The largest absolute Gasteiger partial charge is 0.550 e. The van der Waals surface area contributed by atoms with Gasteiger partial charge in [0.15, 0.2) is 0 Å². The van der Waals surface area contributed by atoms with Gasteiger partial charge in [-0.25, -0.2) is 0 Å². The normalized spacial score (nSPS) is 16.9. The number of hydrogen-bond donors (Lipinski definition) is 0. The Morgan fingerprint density at radius 2 is 2.14 bits per heavy atom. The molecule has 1 saturated heterocycles. The van der Waals surface area contributed by atoms with Crippen molar-refractivity contribution in [3.8, 4) is 0 Å². The summed E-state index contributed by atoms with van der Waals surface area (Å²) in [7, 11) is 0. The lowest BCUT2D eigenvalue weighted by atomic mass is 10.2. The first-order valence-corrected chi connectivity index (χ1v) is 7.77. The molecule has 0 radical (unpaired) electrons. The summed E-state index contributed by atoms with van der Waals surface area (Å²) in [5.74, 6) is -1.56. The van der Waals surface area contributed by atoms with E-state index in [1.165, 1.54) is 4.90 Å². The molecule has 110 valence electrons. The van der Waals surface area contributed by atoms with Gasteiger partial charge in [0.2, 0.25) is 0 Å². The molecule has 0 aliphatic carbocycles. The minimum absolute atomic E-state index is 0.00130. The summed E-state index contributed by atoms with van der Waals surface area (Å²) in [4.78, 5) is 24.3. The second kappa shape index (κ2) is 6.79. The Morgan fingerprint density at radius 1 is 1.43 bits per heavy atom. The van der Waals surface area contributed by atoms with Gasteiger partial charge < -0.3 is 9.90 Å². The van der Waals surface area contributed by atoms with E-state index >= 15 is 0 Å². The molecule has 21 heavy (non-hydrogen) atoms. The zero-order chi connectivity index (χ0) is 15.6. The number of carboxylic acid groups (broad SMARTS) is 1. The van der Waals surface area contributed by atoms with Crippen LogP contribution < -0.4 is 5.11 Å². The van der Waals surface area contributed by atoms with Crippen LogP contribution in [0.1, 0.15) is 12.0 Å². The average molecular weight is 361 g/mol. The highest BCUT2D eigenvalue weighted by Crippen LogP contribution is 2.34. The predicted molar refractivity (Wildman–Crippen MR) is 86.0 cm³/mol. The Morgan fingerprint density at radius 3 is 2.76 bits per heavy atom. The zero-order valence-corrected chi connectivity index (χ0v) is 13.6.